The van der Waals surface area contributed by atoms with E-state index in [-0.39, 0.29) is 18.5 Å². The Balaban J connectivity index is 1.75. The van der Waals surface area contributed by atoms with Gasteiger partial charge in [0.2, 0.25) is 0 Å². The zero-order valence-electron chi connectivity index (χ0n) is 11.9. The molecule has 2 heterocycles. The smallest absolute Gasteiger partial charge is 0.317 e. The van der Waals surface area contributed by atoms with Gasteiger partial charge >= 0.3 is 12.0 Å². The van der Waals surface area contributed by atoms with Crippen molar-refractivity contribution in [1.29, 1.82) is 0 Å². The van der Waals surface area contributed by atoms with E-state index in [2.05, 4.69) is 10.6 Å². The number of aliphatic carboxylic acids is 1. The minimum Gasteiger partial charge on any atom is -0.481 e. The van der Waals surface area contributed by atoms with Gasteiger partial charge in [-0.1, -0.05) is 0 Å². The summed E-state index contributed by atoms with van der Waals surface area (Å²) in [6, 6.07) is 0.306. The van der Waals surface area contributed by atoms with Crippen molar-refractivity contribution in [3.05, 3.63) is 0 Å². The van der Waals surface area contributed by atoms with Crippen molar-refractivity contribution in [2.75, 3.05) is 26.2 Å². The van der Waals surface area contributed by atoms with Crippen LogP contribution < -0.4 is 10.6 Å². The number of nitrogens with one attached hydrogen (secondary N) is 2. The van der Waals surface area contributed by atoms with E-state index in [1.165, 1.54) is 0 Å². The van der Waals surface area contributed by atoms with E-state index in [0.29, 0.717) is 18.9 Å². The molecule has 1 atom stereocenters. The van der Waals surface area contributed by atoms with Crippen molar-refractivity contribution in [2.24, 2.45) is 5.92 Å². The van der Waals surface area contributed by atoms with Crippen molar-refractivity contribution in [3.8, 4) is 0 Å². The van der Waals surface area contributed by atoms with Crippen molar-refractivity contribution >= 4 is 12.0 Å². The maximum absolute atomic E-state index is 12.2. The molecule has 114 valence electrons. The van der Waals surface area contributed by atoms with E-state index in [1.807, 2.05) is 4.90 Å². The zero-order chi connectivity index (χ0) is 14.4. The summed E-state index contributed by atoms with van der Waals surface area (Å²) in [6.07, 6.45) is 4.86. The number of hydrogen-bond acceptors (Lipinski definition) is 3. The fourth-order valence-electron chi connectivity index (χ4n) is 3.04. The molecule has 6 heteroatoms. The van der Waals surface area contributed by atoms with Crippen LogP contribution in [0.25, 0.3) is 0 Å². The molecule has 0 radical (unpaired) electrons. The van der Waals surface area contributed by atoms with Gasteiger partial charge in [0.15, 0.2) is 0 Å². The van der Waals surface area contributed by atoms with Crippen molar-refractivity contribution < 1.29 is 14.7 Å². The number of hydrogen-bond donors (Lipinski definition) is 3. The lowest BCUT2D eigenvalue weighted by molar-refractivity contribution is -0.137. The van der Waals surface area contributed by atoms with Gasteiger partial charge in [-0.3, -0.25) is 4.79 Å². The number of carboxylic acids is 1. The Morgan fingerprint density at radius 3 is 2.70 bits per heavy atom. The number of carbonyl (C=O) groups is 2. The van der Waals surface area contributed by atoms with Crippen LogP contribution in [0.3, 0.4) is 0 Å². The van der Waals surface area contributed by atoms with Gasteiger partial charge in [-0.25, -0.2) is 4.79 Å². The van der Waals surface area contributed by atoms with Crippen LogP contribution in [0.4, 0.5) is 4.79 Å². The molecule has 3 N–H and O–H groups in total. The Bertz CT molecular complexity index is 343. The standard InChI is InChI=1S/C14H25N3O3/c18-13(19)4-3-11-2-1-9-17(10-11)14(20)16-12-5-7-15-8-6-12/h11-12,15H,1-10H2,(H,16,20)(H,18,19). The van der Waals surface area contributed by atoms with Crippen LogP contribution in [0, 0.1) is 5.92 Å². The average Bonchev–Trinajstić information content (AvgIpc) is 2.46. The van der Waals surface area contributed by atoms with E-state index in [4.69, 9.17) is 5.11 Å². The number of likely N-dealkylation sites (tertiary alicyclic amines) is 1. The summed E-state index contributed by atoms with van der Waals surface area (Å²) in [5.74, 6) is -0.417. The third-order valence-electron chi connectivity index (χ3n) is 4.24. The lowest BCUT2D eigenvalue weighted by Gasteiger charge is -2.34. The highest BCUT2D eigenvalue weighted by Gasteiger charge is 2.25. The van der Waals surface area contributed by atoms with E-state index < -0.39 is 5.97 Å². The number of amides is 2. The Kier molecular flexibility index (Phi) is 5.64. The summed E-state index contributed by atoms with van der Waals surface area (Å²) in [4.78, 5) is 24.7. The predicted molar refractivity (Wildman–Crippen MR) is 75.6 cm³/mol. The Morgan fingerprint density at radius 1 is 1.25 bits per heavy atom. The molecule has 0 aromatic rings. The van der Waals surface area contributed by atoms with E-state index in [9.17, 15) is 9.59 Å². The average molecular weight is 283 g/mol. The summed E-state index contributed by atoms with van der Waals surface area (Å²) in [6.45, 7) is 3.42. The maximum atomic E-state index is 12.2. The molecule has 20 heavy (non-hydrogen) atoms. The number of carbonyl (C=O) groups excluding carboxylic acids is 1. The number of carboxylic acid groups (broad SMARTS) is 1. The SMILES string of the molecule is O=C(O)CCC1CCCN(C(=O)NC2CCNCC2)C1. The second kappa shape index (κ2) is 7.47. The van der Waals surface area contributed by atoms with Crippen molar-refractivity contribution in [3.63, 3.8) is 0 Å². The summed E-state index contributed by atoms with van der Waals surface area (Å²) >= 11 is 0. The number of nitrogens with zero attached hydrogens (tertiary/aromatic N) is 1. The molecule has 2 rings (SSSR count). The minimum atomic E-state index is -0.749. The van der Waals surface area contributed by atoms with Crippen LogP contribution in [0.15, 0.2) is 0 Å². The Hall–Kier alpha value is -1.30. The van der Waals surface area contributed by atoms with Gasteiger partial charge in [-0.2, -0.15) is 0 Å². The third-order valence-corrected chi connectivity index (χ3v) is 4.24. The normalized spacial score (nSPS) is 24.4. The van der Waals surface area contributed by atoms with Gasteiger partial charge < -0.3 is 20.6 Å². The van der Waals surface area contributed by atoms with Crippen LogP contribution in [0.5, 0.6) is 0 Å². The monoisotopic (exact) mass is 283 g/mol. The Morgan fingerprint density at radius 2 is 2.00 bits per heavy atom. The van der Waals surface area contributed by atoms with Crippen molar-refractivity contribution in [2.45, 2.75) is 44.6 Å². The number of rotatable bonds is 4. The highest BCUT2D eigenvalue weighted by Crippen LogP contribution is 2.21. The highest BCUT2D eigenvalue weighted by atomic mass is 16.4. The molecular formula is C14H25N3O3. The third kappa shape index (κ3) is 4.67. The molecule has 2 aliphatic rings. The minimum absolute atomic E-state index is 0.0249. The molecular weight excluding hydrogens is 258 g/mol. The first-order valence-electron chi connectivity index (χ1n) is 7.63. The van der Waals surface area contributed by atoms with Gasteiger partial charge in [-0.05, 0) is 51.1 Å². The summed E-state index contributed by atoms with van der Waals surface area (Å²) in [5, 5.41) is 15.1. The van der Waals surface area contributed by atoms with Gasteiger partial charge in [0.1, 0.15) is 0 Å². The molecule has 0 spiro atoms. The summed E-state index contributed by atoms with van der Waals surface area (Å²) < 4.78 is 0. The molecule has 6 nitrogen and oxygen atoms in total. The maximum Gasteiger partial charge on any atom is 0.317 e. The first kappa shape index (κ1) is 15.1. The molecule has 0 bridgehead atoms. The number of urea groups is 1. The zero-order valence-corrected chi connectivity index (χ0v) is 11.9. The lowest BCUT2D eigenvalue weighted by Crippen LogP contribution is -2.51. The van der Waals surface area contributed by atoms with Crippen LogP contribution in [0.1, 0.15) is 38.5 Å². The fraction of sp³-hybridized carbons (Fsp3) is 0.857. The predicted octanol–water partition coefficient (Wildman–Crippen LogP) is 1.02. The molecule has 2 saturated heterocycles. The summed E-state index contributed by atoms with van der Waals surface area (Å²) in [7, 11) is 0. The van der Waals surface area contributed by atoms with E-state index >= 15 is 0 Å². The molecule has 2 amide bonds. The van der Waals surface area contributed by atoms with E-state index in [1.54, 1.807) is 0 Å². The highest BCUT2D eigenvalue weighted by molar-refractivity contribution is 5.74. The van der Waals surface area contributed by atoms with Gasteiger partial charge in [0.05, 0.1) is 0 Å². The van der Waals surface area contributed by atoms with Crippen LogP contribution in [0.2, 0.25) is 0 Å². The molecule has 2 aliphatic heterocycles. The quantitative estimate of drug-likeness (QED) is 0.719. The number of piperidine rings is 2. The molecule has 0 aliphatic carbocycles. The van der Waals surface area contributed by atoms with E-state index in [0.717, 1.165) is 45.3 Å². The first-order chi connectivity index (χ1) is 9.65. The molecule has 0 saturated carbocycles. The lowest BCUT2D eigenvalue weighted by atomic mass is 9.93. The fourth-order valence-corrected chi connectivity index (χ4v) is 3.04. The van der Waals surface area contributed by atoms with Crippen LogP contribution in [-0.4, -0.2) is 54.2 Å². The van der Waals surface area contributed by atoms with Gasteiger partial charge in [0, 0.05) is 25.6 Å². The molecule has 0 aromatic carbocycles. The van der Waals surface area contributed by atoms with Gasteiger partial charge in [0.25, 0.3) is 0 Å². The van der Waals surface area contributed by atoms with Crippen molar-refractivity contribution in [1.82, 2.24) is 15.5 Å². The first-order valence-corrected chi connectivity index (χ1v) is 7.63. The van der Waals surface area contributed by atoms with Gasteiger partial charge in [-0.15, -0.1) is 0 Å². The Labute approximate surface area is 119 Å². The second-order valence-corrected chi connectivity index (χ2v) is 5.86. The summed E-state index contributed by atoms with van der Waals surface area (Å²) in [5.41, 5.74) is 0. The van der Waals surface area contributed by atoms with Crippen LogP contribution in [-0.2, 0) is 4.79 Å². The second-order valence-electron chi connectivity index (χ2n) is 5.86. The van der Waals surface area contributed by atoms with Crippen LogP contribution >= 0.6 is 0 Å². The molecule has 2 fully saturated rings. The molecule has 0 aromatic heterocycles. The topological polar surface area (TPSA) is 81.7 Å². The molecule has 1 unspecified atom stereocenters. The largest absolute Gasteiger partial charge is 0.481 e.